The van der Waals surface area contributed by atoms with Crippen LogP contribution in [-0.4, -0.2) is 10.2 Å². The second-order valence-electron chi connectivity index (χ2n) is 8.20. The number of aromatic hydroxyl groups is 2. The molecule has 0 aliphatic rings. The van der Waals surface area contributed by atoms with Gasteiger partial charge in [-0.1, -0.05) is 101 Å². The Morgan fingerprint density at radius 3 is 1.54 bits per heavy atom. The lowest BCUT2D eigenvalue weighted by Gasteiger charge is -2.22. The van der Waals surface area contributed by atoms with Crippen LogP contribution in [0.15, 0.2) is 36.4 Å². The van der Waals surface area contributed by atoms with Crippen LogP contribution in [0.1, 0.15) is 99.3 Å². The third-order valence-electron chi connectivity index (χ3n) is 5.89. The number of unbranched alkanes of at least 4 members (excludes halogenated alkanes) is 8. The van der Waals surface area contributed by atoms with Crippen LogP contribution < -0.4 is 0 Å². The van der Waals surface area contributed by atoms with Gasteiger partial charge in [-0.3, -0.25) is 0 Å². The molecule has 2 N–H and O–H groups in total. The largest absolute Gasteiger partial charge is 0.507 e. The Morgan fingerprint density at radius 1 is 0.643 bits per heavy atom. The molecule has 0 bridgehead atoms. The van der Waals surface area contributed by atoms with Crippen molar-refractivity contribution in [1.82, 2.24) is 0 Å². The Morgan fingerprint density at radius 2 is 1.07 bits per heavy atom. The summed E-state index contributed by atoms with van der Waals surface area (Å²) in [6, 6.07) is 11.9. The van der Waals surface area contributed by atoms with Crippen molar-refractivity contribution in [2.45, 2.75) is 90.9 Å². The summed E-state index contributed by atoms with van der Waals surface area (Å²) in [6.45, 7) is 6.13. The van der Waals surface area contributed by atoms with Crippen LogP contribution >= 0.6 is 0 Å². The molecule has 2 nitrogen and oxygen atoms in total. The predicted octanol–water partition coefficient (Wildman–Crippen LogP) is 7.77. The minimum Gasteiger partial charge on any atom is -0.507 e. The Labute approximate surface area is 171 Å². The molecule has 0 aliphatic heterocycles. The van der Waals surface area contributed by atoms with E-state index >= 15 is 0 Å². The minimum absolute atomic E-state index is 0.0318. The Bertz CT molecular complexity index is 669. The minimum atomic E-state index is 0.0318. The fraction of sp³-hybridized carbons (Fsp3) is 0.538. The number of benzene rings is 2. The summed E-state index contributed by atoms with van der Waals surface area (Å²) in [5.74, 6) is 0.762. The van der Waals surface area contributed by atoms with Crippen molar-refractivity contribution in [1.29, 1.82) is 0 Å². The van der Waals surface area contributed by atoms with Crippen molar-refractivity contribution in [2.24, 2.45) is 0 Å². The molecule has 2 aromatic carbocycles. The molecular formula is C26H38O2. The van der Waals surface area contributed by atoms with Gasteiger partial charge in [0, 0.05) is 17.0 Å². The highest BCUT2D eigenvalue weighted by atomic mass is 16.3. The van der Waals surface area contributed by atoms with Gasteiger partial charge in [-0.25, -0.2) is 0 Å². The third kappa shape index (κ3) is 6.29. The van der Waals surface area contributed by atoms with Crippen LogP contribution in [0.2, 0.25) is 0 Å². The summed E-state index contributed by atoms with van der Waals surface area (Å²) in [7, 11) is 0. The molecule has 2 rings (SSSR count). The first-order valence-electron chi connectivity index (χ1n) is 11.1. The second-order valence-corrected chi connectivity index (χ2v) is 8.20. The van der Waals surface area contributed by atoms with Crippen LogP contribution in [0.4, 0.5) is 0 Å². The van der Waals surface area contributed by atoms with E-state index in [4.69, 9.17) is 0 Å². The van der Waals surface area contributed by atoms with Gasteiger partial charge in [0.25, 0.3) is 0 Å². The van der Waals surface area contributed by atoms with Gasteiger partial charge in [0.1, 0.15) is 11.5 Å². The summed E-state index contributed by atoms with van der Waals surface area (Å²) in [6.07, 6.45) is 12.6. The van der Waals surface area contributed by atoms with E-state index in [-0.39, 0.29) is 5.92 Å². The Hall–Kier alpha value is -1.96. The summed E-state index contributed by atoms with van der Waals surface area (Å²) in [5.41, 5.74) is 3.64. The molecule has 0 spiro atoms. The maximum absolute atomic E-state index is 10.7. The van der Waals surface area contributed by atoms with Gasteiger partial charge in [-0.05, 0) is 31.4 Å². The van der Waals surface area contributed by atoms with Crippen molar-refractivity contribution < 1.29 is 10.2 Å². The van der Waals surface area contributed by atoms with Crippen molar-refractivity contribution in [2.75, 3.05) is 0 Å². The van der Waals surface area contributed by atoms with Crippen molar-refractivity contribution in [3.63, 3.8) is 0 Å². The molecule has 0 aliphatic carbocycles. The van der Waals surface area contributed by atoms with Crippen molar-refractivity contribution in [3.8, 4) is 11.5 Å². The smallest absolute Gasteiger partial charge is 0.122 e. The summed E-state index contributed by atoms with van der Waals surface area (Å²) >= 11 is 0. The van der Waals surface area contributed by atoms with Crippen molar-refractivity contribution >= 4 is 0 Å². The van der Waals surface area contributed by atoms with E-state index in [2.05, 4.69) is 6.92 Å². The summed E-state index contributed by atoms with van der Waals surface area (Å²) in [4.78, 5) is 0. The average Bonchev–Trinajstić information content (AvgIpc) is 2.69. The van der Waals surface area contributed by atoms with Crippen LogP contribution in [0, 0.1) is 13.8 Å². The number of phenolic OH excluding ortho intramolecular Hbond substituents is 2. The number of hydrogen-bond donors (Lipinski definition) is 2. The number of aryl methyl sites for hydroxylation is 2. The van der Waals surface area contributed by atoms with E-state index in [0.717, 1.165) is 35.1 Å². The number of phenols is 2. The lowest BCUT2D eigenvalue weighted by atomic mass is 9.84. The lowest BCUT2D eigenvalue weighted by molar-refractivity contribution is 0.443. The molecule has 0 unspecified atom stereocenters. The molecule has 28 heavy (non-hydrogen) atoms. The van der Waals surface area contributed by atoms with E-state index in [0.29, 0.717) is 11.5 Å². The molecule has 0 aromatic heterocycles. The van der Waals surface area contributed by atoms with Crippen LogP contribution in [-0.2, 0) is 0 Å². The molecule has 154 valence electrons. The van der Waals surface area contributed by atoms with Gasteiger partial charge in [0.05, 0.1) is 0 Å². The second kappa shape index (κ2) is 11.8. The quantitative estimate of drug-likeness (QED) is 0.368. The lowest BCUT2D eigenvalue weighted by Crippen LogP contribution is -2.04. The molecule has 0 amide bonds. The maximum atomic E-state index is 10.7. The fourth-order valence-corrected chi connectivity index (χ4v) is 4.06. The number of para-hydroxylation sites is 2. The first kappa shape index (κ1) is 22.3. The zero-order chi connectivity index (χ0) is 20.4. The van der Waals surface area contributed by atoms with Crippen LogP contribution in [0.3, 0.4) is 0 Å². The van der Waals surface area contributed by atoms with E-state index in [1.54, 1.807) is 0 Å². The third-order valence-corrected chi connectivity index (χ3v) is 5.89. The van der Waals surface area contributed by atoms with Gasteiger partial charge in [0.15, 0.2) is 0 Å². The first-order valence-corrected chi connectivity index (χ1v) is 11.1. The monoisotopic (exact) mass is 382 g/mol. The Balaban J connectivity index is 2.00. The molecule has 0 radical (unpaired) electrons. The number of rotatable bonds is 12. The Kier molecular flexibility index (Phi) is 9.40. The fourth-order valence-electron chi connectivity index (χ4n) is 4.06. The topological polar surface area (TPSA) is 40.5 Å². The van der Waals surface area contributed by atoms with Gasteiger partial charge < -0.3 is 10.2 Å². The first-order chi connectivity index (χ1) is 13.6. The zero-order valence-corrected chi connectivity index (χ0v) is 18.0. The normalized spacial score (nSPS) is 11.3. The van der Waals surface area contributed by atoms with Gasteiger partial charge >= 0.3 is 0 Å². The summed E-state index contributed by atoms with van der Waals surface area (Å²) < 4.78 is 0. The van der Waals surface area contributed by atoms with Gasteiger partial charge in [-0.2, -0.15) is 0 Å². The van der Waals surface area contributed by atoms with E-state index in [1.807, 2.05) is 50.2 Å². The van der Waals surface area contributed by atoms with Crippen molar-refractivity contribution in [3.05, 3.63) is 58.7 Å². The van der Waals surface area contributed by atoms with Crippen LogP contribution in [0.25, 0.3) is 0 Å². The van der Waals surface area contributed by atoms with Crippen LogP contribution in [0.5, 0.6) is 11.5 Å². The predicted molar refractivity (Wildman–Crippen MR) is 119 cm³/mol. The maximum Gasteiger partial charge on any atom is 0.122 e. The van der Waals surface area contributed by atoms with E-state index in [1.165, 1.54) is 51.4 Å². The molecule has 2 aromatic rings. The summed E-state index contributed by atoms with van der Waals surface area (Å²) in [5, 5.41) is 21.3. The number of hydrogen-bond acceptors (Lipinski definition) is 2. The highest BCUT2D eigenvalue weighted by molar-refractivity contribution is 5.50. The molecule has 0 saturated carbocycles. The molecule has 0 saturated heterocycles. The van der Waals surface area contributed by atoms with E-state index < -0.39 is 0 Å². The molecule has 2 heteroatoms. The van der Waals surface area contributed by atoms with Gasteiger partial charge in [0.2, 0.25) is 0 Å². The molecular weight excluding hydrogens is 344 g/mol. The van der Waals surface area contributed by atoms with E-state index in [9.17, 15) is 10.2 Å². The highest BCUT2D eigenvalue weighted by Crippen LogP contribution is 2.41. The highest BCUT2D eigenvalue weighted by Gasteiger charge is 2.21. The zero-order valence-electron chi connectivity index (χ0n) is 18.0. The molecule has 0 fully saturated rings. The average molecular weight is 383 g/mol. The molecule has 0 heterocycles. The SMILES string of the molecule is CCCCCCCCCCCC(c1cccc(C)c1O)c1cccc(C)c1O. The van der Waals surface area contributed by atoms with Gasteiger partial charge in [-0.15, -0.1) is 0 Å². The standard InChI is InChI=1S/C26H38O2/c1-4-5-6-7-8-9-10-11-12-17-22(23-18-13-15-20(2)25(23)27)24-19-14-16-21(3)26(24)28/h13-16,18-19,22,27-28H,4-12,17H2,1-3H3. The molecule has 0 atom stereocenters.